The van der Waals surface area contributed by atoms with E-state index in [1.54, 1.807) is 0 Å². The molecular formula is C27H29N7O. The first-order valence-corrected chi connectivity index (χ1v) is 11.8. The summed E-state index contributed by atoms with van der Waals surface area (Å²) in [5.41, 5.74) is 8.51. The van der Waals surface area contributed by atoms with Gasteiger partial charge >= 0.3 is 0 Å². The Morgan fingerprint density at radius 1 is 1.06 bits per heavy atom. The summed E-state index contributed by atoms with van der Waals surface area (Å²) in [5.74, 6) is 6.41. The fourth-order valence-electron chi connectivity index (χ4n) is 4.62. The van der Waals surface area contributed by atoms with Crippen molar-refractivity contribution in [3.05, 3.63) is 101 Å². The quantitative estimate of drug-likeness (QED) is 0.234. The number of aromatic nitrogens is 3. The van der Waals surface area contributed by atoms with Crippen molar-refractivity contribution in [1.82, 2.24) is 25.4 Å². The molecule has 1 unspecified atom stereocenters. The average Bonchev–Trinajstić information content (AvgIpc) is 3.57. The number of rotatable bonds is 8. The van der Waals surface area contributed by atoms with E-state index < -0.39 is 0 Å². The number of H-pyrrole nitrogens is 1. The molecule has 0 aliphatic carbocycles. The second-order valence-corrected chi connectivity index (χ2v) is 8.91. The van der Waals surface area contributed by atoms with Crippen LogP contribution in [-0.4, -0.2) is 45.1 Å². The van der Waals surface area contributed by atoms with Crippen LogP contribution < -0.4 is 16.6 Å². The Hall–Kier alpha value is -4.01. The zero-order valence-electron chi connectivity index (χ0n) is 19.4. The van der Waals surface area contributed by atoms with Crippen LogP contribution in [0.15, 0.2) is 79.1 Å². The molecule has 0 spiro atoms. The topological polar surface area (TPSA) is 112 Å². The van der Waals surface area contributed by atoms with Crippen molar-refractivity contribution in [1.29, 1.82) is 0 Å². The third kappa shape index (κ3) is 5.56. The predicted molar refractivity (Wildman–Crippen MR) is 136 cm³/mol. The number of carbonyl (C=O) groups is 1. The fourth-order valence-corrected chi connectivity index (χ4v) is 4.62. The first kappa shape index (κ1) is 22.8. The van der Waals surface area contributed by atoms with Gasteiger partial charge in [0.15, 0.2) is 5.82 Å². The fraction of sp³-hybridized carbons (Fsp3) is 0.222. The average molecular weight is 468 g/mol. The van der Waals surface area contributed by atoms with Crippen molar-refractivity contribution in [2.24, 2.45) is 5.84 Å². The molecule has 0 bridgehead atoms. The van der Waals surface area contributed by atoms with E-state index in [-0.39, 0.29) is 11.9 Å². The summed E-state index contributed by atoms with van der Waals surface area (Å²) in [7, 11) is 0. The molecule has 1 atom stereocenters. The van der Waals surface area contributed by atoms with E-state index in [1.165, 1.54) is 11.9 Å². The standard InChI is InChI=1S/C27H29N7O/c28-32-25-10-9-21(26-29-18-30-33-26)15-23(25)14-20-7-4-8-22(13-20)27(35)31-24-11-12-34(17-24)16-19-5-2-1-3-6-19/h1-10,13,15,18,24,32H,11-12,14,16-17,28H2,(H,31,35)(H,29,30,33). The number of hydrazine groups is 1. The van der Waals surface area contributed by atoms with Crippen LogP contribution in [0.4, 0.5) is 5.69 Å². The first-order chi connectivity index (χ1) is 17.2. The minimum Gasteiger partial charge on any atom is -0.348 e. The van der Waals surface area contributed by atoms with Crippen LogP contribution in [-0.2, 0) is 13.0 Å². The molecule has 5 N–H and O–H groups in total. The Kier molecular flexibility index (Phi) is 6.83. The van der Waals surface area contributed by atoms with Gasteiger partial charge in [-0.25, -0.2) is 4.98 Å². The second kappa shape index (κ2) is 10.5. The molecule has 35 heavy (non-hydrogen) atoms. The van der Waals surface area contributed by atoms with E-state index >= 15 is 0 Å². The van der Waals surface area contributed by atoms with Gasteiger partial charge in [0, 0.05) is 36.8 Å². The highest BCUT2D eigenvalue weighted by molar-refractivity contribution is 5.94. The maximum atomic E-state index is 13.0. The number of carbonyl (C=O) groups excluding carboxylic acids is 1. The van der Waals surface area contributed by atoms with Crippen LogP contribution in [0.3, 0.4) is 0 Å². The van der Waals surface area contributed by atoms with Gasteiger partial charge in [0.25, 0.3) is 5.91 Å². The van der Waals surface area contributed by atoms with Gasteiger partial charge in [-0.1, -0.05) is 42.5 Å². The normalized spacial score (nSPS) is 15.7. The molecular weight excluding hydrogens is 438 g/mol. The largest absolute Gasteiger partial charge is 0.348 e. The molecule has 1 aromatic heterocycles. The van der Waals surface area contributed by atoms with Crippen LogP contribution in [0.1, 0.15) is 33.5 Å². The highest BCUT2D eigenvalue weighted by Crippen LogP contribution is 2.25. The molecule has 8 nitrogen and oxygen atoms in total. The number of amides is 1. The zero-order chi connectivity index (χ0) is 24.0. The van der Waals surface area contributed by atoms with Gasteiger partial charge in [0.1, 0.15) is 6.33 Å². The van der Waals surface area contributed by atoms with Gasteiger partial charge < -0.3 is 10.7 Å². The molecule has 1 amide bonds. The number of likely N-dealkylation sites (tertiary alicyclic amines) is 1. The highest BCUT2D eigenvalue weighted by Gasteiger charge is 2.24. The summed E-state index contributed by atoms with van der Waals surface area (Å²) in [6, 6.07) is 24.3. The van der Waals surface area contributed by atoms with E-state index in [4.69, 9.17) is 5.84 Å². The molecule has 0 saturated carbocycles. The molecule has 2 heterocycles. The molecule has 1 saturated heterocycles. The molecule has 1 aliphatic rings. The minimum absolute atomic E-state index is 0.0361. The van der Waals surface area contributed by atoms with E-state index in [1.807, 2.05) is 48.5 Å². The van der Waals surface area contributed by atoms with Crippen molar-refractivity contribution in [3.63, 3.8) is 0 Å². The number of nitrogens with one attached hydrogen (secondary N) is 3. The molecule has 1 fully saturated rings. The lowest BCUT2D eigenvalue weighted by molar-refractivity contribution is 0.0937. The van der Waals surface area contributed by atoms with Crippen molar-refractivity contribution in [2.45, 2.75) is 25.4 Å². The molecule has 1 aliphatic heterocycles. The number of nitrogens with two attached hydrogens (primary N) is 1. The van der Waals surface area contributed by atoms with Crippen LogP contribution >= 0.6 is 0 Å². The summed E-state index contributed by atoms with van der Waals surface area (Å²) in [6.07, 6.45) is 3.06. The number of aromatic amines is 1. The van der Waals surface area contributed by atoms with E-state index in [9.17, 15) is 4.79 Å². The van der Waals surface area contributed by atoms with Crippen LogP contribution in [0.25, 0.3) is 11.4 Å². The van der Waals surface area contributed by atoms with Gasteiger partial charge in [-0.05, 0) is 59.9 Å². The summed E-state index contributed by atoms with van der Waals surface area (Å²) in [6.45, 7) is 2.75. The molecule has 5 rings (SSSR count). The van der Waals surface area contributed by atoms with E-state index in [0.717, 1.165) is 48.4 Å². The molecule has 0 radical (unpaired) electrons. The number of nitrogen functional groups attached to an aromatic ring is 1. The summed E-state index contributed by atoms with van der Waals surface area (Å²) < 4.78 is 0. The van der Waals surface area contributed by atoms with Crippen LogP contribution in [0.2, 0.25) is 0 Å². The minimum atomic E-state index is -0.0361. The zero-order valence-corrected chi connectivity index (χ0v) is 19.4. The lowest BCUT2D eigenvalue weighted by Gasteiger charge is -2.17. The maximum Gasteiger partial charge on any atom is 0.251 e. The number of anilines is 1. The summed E-state index contributed by atoms with van der Waals surface area (Å²) in [4.78, 5) is 19.6. The SMILES string of the molecule is NNc1ccc(-c2ncn[nH]2)cc1Cc1cccc(C(=O)NC2CCN(Cc3ccccc3)C2)c1. The van der Waals surface area contributed by atoms with Gasteiger partial charge in [-0.3, -0.25) is 20.6 Å². The lowest BCUT2D eigenvalue weighted by atomic mass is 9.99. The van der Waals surface area contributed by atoms with Crippen molar-refractivity contribution >= 4 is 11.6 Å². The van der Waals surface area contributed by atoms with Gasteiger partial charge in [-0.15, -0.1) is 0 Å². The highest BCUT2D eigenvalue weighted by atomic mass is 16.1. The van der Waals surface area contributed by atoms with Crippen molar-refractivity contribution in [2.75, 3.05) is 18.5 Å². The maximum absolute atomic E-state index is 13.0. The molecule has 3 aromatic carbocycles. The van der Waals surface area contributed by atoms with Gasteiger partial charge in [-0.2, -0.15) is 5.10 Å². The first-order valence-electron chi connectivity index (χ1n) is 11.8. The number of hydrogen-bond donors (Lipinski definition) is 4. The van der Waals surface area contributed by atoms with Crippen LogP contribution in [0.5, 0.6) is 0 Å². The van der Waals surface area contributed by atoms with Crippen molar-refractivity contribution in [3.8, 4) is 11.4 Å². The smallest absolute Gasteiger partial charge is 0.251 e. The molecule has 4 aromatic rings. The Balaban J connectivity index is 1.24. The predicted octanol–water partition coefficient (Wildman–Crippen LogP) is 3.35. The Morgan fingerprint density at radius 2 is 1.91 bits per heavy atom. The Labute approximate surface area is 204 Å². The van der Waals surface area contributed by atoms with Gasteiger partial charge in [0.05, 0.1) is 5.69 Å². The number of benzene rings is 3. The number of nitrogens with zero attached hydrogens (tertiary/aromatic N) is 3. The van der Waals surface area contributed by atoms with Gasteiger partial charge in [0.2, 0.25) is 0 Å². The second-order valence-electron chi connectivity index (χ2n) is 8.91. The van der Waals surface area contributed by atoms with Crippen molar-refractivity contribution < 1.29 is 4.79 Å². The summed E-state index contributed by atoms with van der Waals surface area (Å²) >= 11 is 0. The molecule has 178 valence electrons. The third-order valence-corrected chi connectivity index (χ3v) is 6.39. The Bertz CT molecular complexity index is 1270. The number of hydrogen-bond acceptors (Lipinski definition) is 6. The Morgan fingerprint density at radius 3 is 2.71 bits per heavy atom. The molecule has 8 heteroatoms. The van der Waals surface area contributed by atoms with Crippen LogP contribution in [0, 0.1) is 0 Å². The van der Waals surface area contributed by atoms with E-state index in [2.05, 4.69) is 55.1 Å². The summed E-state index contributed by atoms with van der Waals surface area (Å²) in [5, 5.41) is 10.0. The lowest BCUT2D eigenvalue weighted by Crippen LogP contribution is -2.37. The third-order valence-electron chi connectivity index (χ3n) is 6.39. The van der Waals surface area contributed by atoms with E-state index in [0.29, 0.717) is 17.8 Å². The monoisotopic (exact) mass is 467 g/mol.